The molecule has 1 N–H and O–H groups in total. The third kappa shape index (κ3) is 3.86. The Morgan fingerprint density at radius 2 is 2.00 bits per heavy atom. The van der Waals surface area contributed by atoms with Crippen LogP contribution in [-0.2, 0) is 16.0 Å². The average Bonchev–Trinajstić information content (AvgIpc) is 2.48. The van der Waals surface area contributed by atoms with Crippen LogP contribution in [0.2, 0.25) is 0 Å². The SMILES string of the molecule is CC[N+]1(N[C@H]([C]=O)Cc2ccccc2)CCOCC1. The minimum Gasteiger partial charge on any atom is -0.370 e. The number of hydrogen-bond donors (Lipinski definition) is 1. The number of benzene rings is 1. The number of rotatable bonds is 6. The number of nitrogens with zero attached hydrogens (tertiary/aromatic N) is 1. The molecule has 4 heteroatoms. The van der Waals surface area contributed by atoms with Crippen molar-refractivity contribution in [3.05, 3.63) is 35.9 Å². The highest BCUT2D eigenvalue weighted by Gasteiger charge is 2.32. The first-order chi connectivity index (χ1) is 9.28. The van der Waals surface area contributed by atoms with Crippen molar-refractivity contribution >= 4 is 6.29 Å². The summed E-state index contributed by atoms with van der Waals surface area (Å²) in [4.78, 5) is 11.2. The zero-order valence-electron chi connectivity index (χ0n) is 11.5. The third-order valence-corrected chi connectivity index (χ3v) is 3.79. The Hall–Kier alpha value is -1.23. The highest BCUT2D eigenvalue weighted by molar-refractivity contribution is 5.59. The first-order valence-electron chi connectivity index (χ1n) is 6.91. The van der Waals surface area contributed by atoms with E-state index in [0.29, 0.717) is 6.42 Å². The summed E-state index contributed by atoms with van der Waals surface area (Å²) in [5, 5.41) is 0. The van der Waals surface area contributed by atoms with Crippen LogP contribution in [0.25, 0.3) is 0 Å². The lowest BCUT2D eigenvalue weighted by Crippen LogP contribution is -2.66. The van der Waals surface area contributed by atoms with Crippen molar-refractivity contribution in [2.75, 3.05) is 32.8 Å². The molecule has 0 bridgehead atoms. The van der Waals surface area contributed by atoms with Gasteiger partial charge in [0.25, 0.3) is 0 Å². The summed E-state index contributed by atoms with van der Waals surface area (Å²) < 4.78 is 6.15. The van der Waals surface area contributed by atoms with Gasteiger partial charge in [0.15, 0.2) is 0 Å². The zero-order chi connectivity index (χ0) is 13.6. The fourth-order valence-corrected chi connectivity index (χ4v) is 2.52. The average molecular weight is 262 g/mol. The van der Waals surface area contributed by atoms with E-state index < -0.39 is 0 Å². The lowest BCUT2D eigenvalue weighted by atomic mass is 10.1. The Bertz CT molecular complexity index is 388. The van der Waals surface area contributed by atoms with Crippen molar-refractivity contribution in [1.82, 2.24) is 5.43 Å². The van der Waals surface area contributed by atoms with Gasteiger partial charge in [0.1, 0.15) is 19.1 Å². The van der Waals surface area contributed by atoms with Crippen molar-refractivity contribution < 1.29 is 14.1 Å². The fraction of sp³-hybridized carbons (Fsp3) is 0.533. The molecule has 0 saturated carbocycles. The van der Waals surface area contributed by atoms with Crippen LogP contribution in [0.4, 0.5) is 0 Å². The van der Waals surface area contributed by atoms with Gasteiger partial charge < -0.3 is 4.74 Å². The molecule has 0 unspecified atom stereocenters. The summed E-state index contributed by atoms with van der Waals surface area (Å²) in [6, 6.07) is 9.80. The van der Waals surface area contributed by atoms with Crippen LogP contribution in [0.3, 0.4) is 0 Å². The van der Waals surface area contributed by atoms with E-state index in [2.05, 4.69) is 18.6 Å². The van der Waals surface area contributed by atoms with E-state index >= 15 is 0 Å². The Morgan fingerprint density at radius 3 is 2.58 bits per heavy atom. The second-order valence-corrected chi connectivity index (χ2v) is 5.01. The Balaban J connectivity index is 1.99. The lowest BCUT2D eigenvalue weighted by Gasteiger charge is -2.41. The monoisotopic (exact) mass is 262 g/mol. The quantitative estimate of drug-likeness (QED) is 0.780. The first-order valence-corrected chi connectivity index (χ1v) is 6.91. The van der Waals surface area contributed by atoms with Crippen molar-refractivity contribution in [3.63, 3.8) is 0 Å². The second kappa shape index (κ2) is 6.80. The predicted molar refractivity (Wildman–Crippen MR) is 74.1 cm³/mol. The van der Waals surface area contributed by atoms with Crippen molar-refractivity contribution in [3.8, 4) is 0 Å². The smallest absolute Gasteiger partial charge is 0.222 e. The highest BCUT2D eigenvalue weighted by atomic mass is 16.5. The molecule has 1 saturated heterocycles. The number of carbonyl (C=O) groups excluding carboxylic acids is 1. The molecule has 1 aliphatic heterocycles. The molecule has 0 spiro atoms. The number of nitrogens with one attached hydrogen (secondary N) is 1. The number of ether oxygens (including phenoxy) is 1. The molecule has 1 aromatic carbocycles. The van der Waals surface area contributed by atoms with Crippen LogP contribution < -0.4 is 5.43 Å². The summed E-state index contributed by atoms with van der Waals surface area (Å²) >= 11 is 0. The maximum absolute atomic E-state index is 11.2. The first kappa shape index (κ1) is 14.2. The van der Waals surface area contributed by atoms with E-state index in [1.54, 1.807) is 0 Å². The van der Waals surface area contributed by atoms with Crippen LogP contribution in [0.15, 0.2) is 30.3 Å². The highest BCUT2D eigenvalue weighted by Crippen LogP contribution is 2.10. The summed E-state index contributed by atoms with van der Waals surface area (Å²) in [5.74, 6) is 0. The molecule has 19 heavy (non-hydrogen) atoms. The maximum Gasteiger partial charge on any atom is 0.222 e. The van der Waals surface area contributed by atoms with Crippen LogP contribution in [0.5, 0.6) is 0 Å². The molecule has 1 radical (unpaired) electrons. The van der Waals surface area contributed by atoms with E-state index in [4.69, 9.17) is 4.74 Å². The van der Waals surface area contributed by atoms with Crippen LogP contribution >= 0.6 is 0 Å². The summed E-state index contributed by atoms with van der Waals surface area (Å²) in [6.45, 7) is 6.40. The minimum absolute atomic E-state index is 0.263. The fourth-order valence-electron chi connectivity index (χ4n) is 2.52. The topological polar surface area (TPSA) is 38.3 Å². The van der Waals surface area contributed by atoms with E-state index in [1.165, 1.54) is 0 Å². The van der Waals surface area contributed by atoms with E-state index in [-0.39, 0.29) is 6.04 Å². The molecule has 2 rings (SSSR count). The predicted octanol–water partition coefficient (Wildman–Crippen LogP) is 1.08. The van der Waals surface area contributed by atoms with Crippen molar-refractivity contribution in [2.45, 2.75) is 19.4 Å². The summed E-state index contributed by atoms with van der Waals surface area (Å²) in [6.07, 6.45) is 2.83. The van der Waals surface area contributed by atoms with Gasteiger partial charge in [-0.2, -0.15) is 5.43 Å². The van der Waals surface area contributed by atoms with Crippen LogP contribution in [0, 0.1) is 0 Å². The third-order valence-electron chi connectivity index (χ3n) is 3.79. The van der Waals surface area contributed by atoms with Gasteiger partial charge in [-0.25, -0.2) is 4.59 Å². The van der Waals surface area contributed by atoms with Gasteiger partial charge in [-0.1, -0.05) is 30.3 Å². The lowest BCUT2D eigenvalue weighted by molar-refractivity contribution is -0.975. The molecule has 1 aliphatic rings. The molecule has 0 aliphatic carbocycles. The normalized spacial score (nSPS) is 19.8. The molecular formula is C15H22N2O2+. The maximum atomic E-state index is 11.2. The van der Waals surface area contributed by atoms with Gasteiger partial charge in [-0.15, -0.1) is 0 Å². The molecule has 1 aromatic rings. The Labute approximate surface area is 114 Å². The standard InChI is InChI=1S/C15H22N2O2/c1-2-17(8-10-19-11-9-17)16-15(13-18)12-14-6-4-3-5-7-14/h3-7,15-16H,2,8-12H2,1H3/q+1/t15-/m0/s1. The molecule has 4 nitrogen and oxygen atoms in total. The molecule has 1 atom stereocenters. The van der Waals surface area contributed by atoms with Gasteiger partial charge in [0.05, 0.1) is 19.8 Å². The van der Waals surface area contributed by atoms with Gasteiger partial charge in [-0.05, 0) is 12.5 Å². The van der Waals surface area contributed by atoms with Crippen molar-refractivity contribution in [2.24, 2.45) is 0 Å². The number of hydrogen-bond acceptors (Lipinski definition) is 3. The second-order valence-electron chi connectivity index (χ2n) is 5.01. The minimum atomic E-state index is -0.263. The Morgan fingerprint density at radius 1 is 1.32 bits per heavy atom. The zero-order valence-corrected chi connectivity index (χ0v) is 11.5. The van der Waals surface area contributed by atoms with Gasteiger partial charge in [0.2, 0.25) is 6.29 Å². The molecule has 103 valence electrons. The molecule has 0 amide bonds. The van der Waals surface area contributed by atoms with Gasteiger partial charge >= 0.3 is 0 Å². The Kier molecular flexibility index (Phi) is 5.07. The molecule has 1 heterocycles. The largest absolute Gasteiger partial charge is 0.370 e. The number of likely N-dealkylation sites (N-methyl/N-ethyl adjacent to an activating group) is 1. The van der Waals surface area contributed by atoms with Crippen LogP contribution in [-0.4, -0.2) is 49.8 Å². The van der Waals surface area contributed by atoms with Gasteiger partial charge in [0, 0.05) is 6.42 Å². The molecule has 0 aromatic heterocycles. The number of quaternary nitrogens is 1. The summed E-state index contributed by atoms with van der Waals surface area (Å²) in [5.41, 5.74) is 4.61. The van der Waals surface area contributed by atoms with E-state index in [0.717, 1.165) is 43.0 Å². The summed E-state index contributed by atoms with van der Waals surface area (Å²) in [7, 11) is 0. The number of morpholine rings is 1. The van der Waals surface area contributed by atoms with E-state index in [9.17, 15) is 4.79 Å². The molecule has 1 fully saturated rings. The van der Waals surface area contributed by atoms with Crippen LogP contribution in [0.1, 0.15) is 12.5 Å². The van der Waals surface area contributed by atoms with Crippen molar-refractivity contribution in [1.29, 1.82) is 0 Å². The van der Waals surface area contributed by atoms with Gasteiger partial charge in [-0.3, -0.25) is 4.79 Å². The van der Waals surface area contributed by atoms with E-state index in [1.807, 2.05) is 30.3 Å². The molecular weight excluding hydrogens is 240 g/mol.